The maximum Gasteiger partial charge on any atom is 0.330 e. The fourth-order valence-electron chi connectivity index (χ4n) is 0.486. The zero-order valence-electron chi connectivity index (χ0n) is 9.74. The predicted octanol–water partition coefficient (Wildman–Crippen LogP) is 1.40. The molecule has 0 aromatic rings. The van der Waals surface area contributed by atoms with Crippen molar-refractivity contribution >= 4 is 5.97 Å². The first kappa shape index (κ1) is 14.3. The van der Waals surface area contributed by atoms with Crippen LogP contribution in [0.5, 0.6) is 0 Å². The summed E-state index contributed by atoms with van der Waals surface area (Å²) in [5.74, 6) is -0.496. The lowest BCUT2D eigenvalue weighted by Crippen LogP contribution is -2.17. The van der Waals surface area contributed by atoms with E-state index in [1.54, 1.807) is 0 Å². The van der Waals surface area contributed by atoms with Gasteiger partial charge in [0.15, 0.2) is 6.11 Å². The van der Waals surface area contributed by atoms with Crippen molar-refractivity contribution in [1.82, 2.24) is 0 Å². The molecule has 0 radical (unpaired) electrons. The van der Waals surface area contributed by atoms with Crippen molar-refractivity contribution in [1.29, 1.82) is 0 Å². The molecule has 0 saturated heterocycles. The van der Waals surface area contributed by atoms with Gasteiger partial charge in [0.1, 0.15) is 18.8 Å². The molecule has 0 amide bonds. The van der Waals surface area contributed by atoms with Crippen molar-refractivity contribution in [2.45, 2.75) is 26.4 Å². The molecule has 0 fully saturated rings. The number of carbonyl (C=O) groups excluding carboxylic acids is 1. The summed E-state index contributed by atoms with van der Waals surface area (Å²) in [6.45, 7) is 8.98. The molecule has 0 bridgehead atoms. The summed E-state index contributed by atoms with van der Waals surface area (Å²) in [5, 5.41) is 0. The van der Waals surface area contributed by atoms with Gasteiger partial charge in [-0.3, -0.25) is 4.89 Å². The third-order valence-electron chi connectivity index (χ3n) is 1.04. The Morgan fingerprint density at radius 2 is 2.00 bits per heavy atom. The van der Waals surface area contributed by atoms with Gasteiger partial charge in [0.05, 0.1) is 0 Å². The maximum atomic E-state index is 10.6. The summed E-state index contributed by atoms with van der Waals surface area (Å²) in [7, 11) is 0. The van der Waals surface area contributed by atoms with Crippen LogP contribution in [-0.2, 0) is 24.0 Å². The molecule has 0 unspecified atom stereocenters. The van der Waals surface area contributed by atoms with Crippen LogP contribution in [0.3, 0.4) is 0 Å². The predicted molar refractivity (Wildman–Crippen MR) is 56.8 cm³/mol. The van der Waals surface area contributed by atoms with Crippen molar-refractivity contribution in [3.05, 3.63) is 12.7 Å². The molecule has 0 heterocycles. The summed E-state index contributed by atoms with van der Waals surface area (Å²) in [6.07, 6.45) is 5.50. The van der Waals surface area contributed by atoms with Gasteiger partial charge >= 0.3 is 5.97 Å². The van der Waals surface area contributed by atoms with E-state index in [2.05, 4.69) is 28.4 Å². The van der Waals surface area contributed by atoms with Gasteiger partial charge in [0.2, 0.25) is 6.11 Å². The first-order valence-electron chi connectivity index (χ1n) is 4.71. The number of hydrogen-bond donors (Lipinski definition) is 0. The lowest BCUT2D eigenvalue weighted by Gasteiger charge is -2.13. The van der Waals surface area contributed by atoms with Crippen LogP contribution in [0, 0.1) is 12.2 Å². The van der Waals surface area contributed by atoms with Crippen LogP contribution >= 0.6 is 0 Å². The molecule has 0 N–H and O–H groups in total. The average molecular weight is 228 g/mol. The zero-order chi connectivity index (χ0) is 12.4. The van der Waals surface area contributed by atoms with E-state index in [1.807, 2.05) is 20.8 Å². The standard InChI is InChI=1S/C11H16O5/c1-5-10(12)14-8-6-13-7-9-15-16-11(2,3)4/h5H,1,6,8H2,2-4H3. The molecule has 5 nitrogen and oxygen atoms in total. The number of rotatable bonds is 5. The first-order valence-corrected chi connectivity index (χ1v) is 4.71. The number of esters is 1. The van der Waals surface area contributed by atoms with Gasteiger partial charge in [0, 0.05) is 6.08 Å². The Hall–Kier alpha value is -1.67. The smallest absolute Gasteiger partial charge is 0.330 e. The minimum Gasteiger partial charge on any atom is -0.459 e. The summed E-state index contributed by atoms with van der Waals surface area (Å²) < 4.78 is 9.40. The minimum atomic E-state index is -0.496. The molecule has 90 valence electrons. The molecule has 0 atom stereocenters. The number of carbonyl (C=O) groups is 1. The van der Waals surface area contributed by atoms with Gasteiger partial charge in [-0.25, -0.2) is 4.79 Å². The molecular formula is C11H16O5. The fourth-order valence-corrected chi connectivity index (χ4v) is 0.486. The van der Waals surface area contributed by atoms with Crippen molar-refractivity contribution in [3.63, 3.8) is 0 Å². The van der Waals surface area contributed by atoms with Gasteiger partial charge in [-0.2, -0.15) is 4.89 Å². The van der Waals surface area contributed by atoms with Crippen LogP contribution < -0.4 is 0 Å². The molecule has 0 aliphatic heterocycles. The van der Waals surface area contributed by atoms with Crippen LogP contribution in [0.4, 0.5) is 0 Å². The Morgan fingerprint density at radius 1 is 1.31 bits per heavy atom. The van der Waals surface area contributed by atoms with Crippen LogP contribution in [0.25, 0.3) is 0 Å². The highest BCUT2D eigenvalue weighted by Crippen LogP contribution is 2.05. The topological polar surface area (TPSA) is 54.0 Å². The highest BCUT2D eigenvalue weighted by Gasteiger charge is 2.10. The molecule has 5 heteroatoms. The fraction of sp³-hybridized carbons (Fsp3) is 0.545. The molecule has 16 heavy (non-hydrogen) atoms. The van der Waals surface area contributed by atoms with Crippen molar-refractivity contribution in [3.8, 4) is 12.2 Å². The normalized spacial score (nSPS) is 9.69. The van der Waals surface area contributed by atoms with Crippen LogP contribution in [0.15, 0.2) is 12.7 Å². The molecule has 0 spiro atoms. The zero-order valence-corrected chi connectivity index (χ0v) is 9.74. The van der Waals surface area contributed by atoms with Crippen molar-refractivity contribution in [2.24, 2.45) is 0 Å². The molecule has 0 aromatic heterocycles. The summed E-state index contributed by atoms with van der Waals surface area (Å²) in [4.78, 5) is 20.0. The van der Waals surface area contributed by atoms with Crippen molar-refractivity contribution in [2.75, 3.05) is 13.2 Å². The monoisotopic (exact) mass is 228 g/mol. The van der Waals surface area contributed by atoms with E-state index in [4.69, 9.17) is 9.62 Å². The van der Waals surface area contributed by atoms with Gasteiger partial charge in [-0.05, 0) is 20.8 Å². The summed E-state index contributed by atoms with van der Waals surface area (Å²) >= 11 is 0. The molecular weight excluding hydrogens is 212 g/mol. The number of ether oxygens (including phenoxy) is 2. The van der Waals surface area contributed by atoms with E-state index in [1.165, 1.54) is 0 Å². The van der Waals surface area contributed by atoms with Gasteiger partial charge < -0.3 is 9.47 Å². The van der Waals surface area contributed by atoms with E-state index in [9.17, 15) is 4.79 Å². The van der Waals surface area contributed by atoms with E-state index in [0.29, 0.717) is 0 Å². The van der Waals surface area contributed by atoms with Crippen LogP contribution in [0.1, 0.15) is 20.8 Å². The molecule has 0 rings (SSSR count). The second-order valence-electron chi connectivity index (χ2n) is 3.70. The van der Waals surface area contributed by atoms with Gasteiger partial charge in [-0.1, -0.05) is 6.58 Å². The Bertz CT molecular complexity index is 279. The van der Waals surface area contributed by atoms with E-state index >= 15 is 0 Å². The van der Waals surface area contributed by atoms with E-state index < -0.39 is 11.6 Å². The third kappa shape index (κ3) is 10.4. The SMILES string of the molecule is C=CC(=O)OCCOC#COOC(C)(C)C. The number of hydrogen-bond acceptors (Lipinski definition) is 5. The highest BCUT2D eigenvalue weighted by atomic mass is 17.2. The van der Waals surface area contributed by atoms with E-state index in [0.717, 1.165) is 6.08 Å². The molecule has 0 aliphatic rings. The van der Waals surface area contributed by atoms with Gasteiger partial charge in [-0.15, -0.1) is 0 Å². The third-order valence-corrected chi connectivity index (χ3v) is 1.04. The van der Waals surface area contributed by atoms with Crippen LogP contribution in [0.2, 0.25) is 0 Å². The second kappa shape index (κ2) is 7.60. The lowest BCUT2D eigenvalue weighted by molar-refractivity contribution is -0.300. The molecule has 0 saturated carbocycles. The Kier molecular flexibility index (Phi) is 6.81. The highest BCUT2D eigenvalue weighted by molar-refractivity contribution is 5.81. The minimum absolute atomic E-state index is 0.111. The lowest BCUT2D eigenvalue weighted by atomic mass is 10.2. The maximum absolute atomic E-state index is 10.6. The molecule has 0 aromatic carbocycles. The Labute approximate surface area is 95.2 Å². The average Bonchev–Trinajstić information content (AvgIpc) is 2.20. The van der Waals surface area contributed by atoms with Gasteiger partial charge in [0.25, 0.3) is 0 Å². The van der Waals surface area contributed by atoms with E-state index in [-0.39, 0.29) is 13.2 Å². The Morgan fingerprint density at radius 3 is 2.56 bits per heavy atom. The first-order chi connectivity index (χ1) is 7.45. The molecule has 0 aliphatic carbocycles. The van der Waals surface area contributed by atoms with Crippen LogP contribution in [-0.4, -0.2) is 24.8 Å². The Balaban J connectivity index is 3.42. The summed E-state index contributed by atoms with van der Waals surface area (Å²) in [5.41, 5.74) is -0.422. The quantitative estimate of drug-likeness (QED) is 0.178. The summed E-state index contributed by atoms with van der Waals surface area (Å²) in [6, 6.07) is 0. The largest absolute Gasteiger partial charge is 0.459 e. The van der Waals surface area contributed by atoms with Crippen molar-refractivity contribution < 1.29 is 24.0 Å². The second-order valence-corrected chi connectivity index (χ2v) is 3.70.